The summed E-state index contributed by atoms with van der Waals surface area (Å²) >= 11 is 3.48. The van der Waals surface area contributed by atoms with Crippen molar-refractivity contribution >= 4 is 21.8 Å². The molecule has 0 spiro atoms. The van der Waals surface area contributed by atoms with Crippen LogP contribution in [0.3, 0.4) is 0 Å². The molecule has 2 atom stereocenters. The summed E-state index contributed by atoms with van der Waals surface area (Å²) in [5, 5.41) is 2.89. The molecule has 1 aliphatic rings. The molecule has 1 N–H and O–H groups in total. The Hall–Kier alpha value is -0.130. The van der Waals surface area contributed by atoms with E-state index >= 15 is 0 Å². The van der Waals surface area contributed by atoms with Gasteiger partial charge < -0.3 is 14.8 Å². The number of hydrogen-bond donors (Lipinski definition) is 1. The average Bonchev–Trinajstić information content (AvgIpc) is 2.70. The van der Waals surface area contributed by atoms with Crippen LogP contribution in [0.4, 0.5) is 0 Å². The molecule has 1 heterocycles. The normalized spacial score (nSPS) is 22.0. The molecule has 1 fully saturated rings. The number of methoxy groups -OCH3 is 1. The van der Waals surface area contributed by atoms with Gasteiger partial charge in [-0.2, -0.15) is 0 Å². The number of nitrogens with one attached hydrogen (secondary N) is 1. The van der Waals surface area contributed by atoms with Crippen molar-refractivity contribution in [3.63, 3.8) is 0 Å². The largest absolute Gasteiger partial charge is 0.384 e. The van der Waals surface area contributed by atoms with Crippen molar-refractivity contribution < 1.29 is 14.3 Å². The van der Waals surface area contributed by atoms with E-state index in [4.69, 9.17) is 9.47 Å². The molecule has 0 bridgehead atoms. The lowest BCUT2D eigenvalue weighted by molar-refractivity contribution is -0.123. The highest BCUT2D eigenvalue weighted by molar-refractivity contribution is 9.09. The maximum atomic E-state index is 11.5. The molecule has 4 nitrogen and oxygen atoms in total. The zero-order chi connectivity index (χ0) is 11.8. The van der Waals surface area contributed by atoms with E-state index in [0.29, 0.717) is 24.4 Å². The van der Waals surface area contributed by atoms with Crippen LogP contribution in [0, 0.1) is 0 Å². The molecule has 0 aliphatic carbocycles. The monoisotopic (exact) mass is 293 g/mol. The molecular formula is C11H20BrNO3. The number of hydrogen-bond acceptors (Lipinski definition) is 3. The molecule has 0 aromatic rings. The van der Waals surface area contributed by atoms with Crippen molar-refractivity contribution in [2.24, 2.45) is 0 Å². The third-order valence-corrected chi connectivity index (χ3v) is 3.29. The number of amides is 1. The fourth-order valence-electron chi connectivity index (χ4n) is 1.72. The highest BCUT2D eigenvalue weighted by Crippen LogP contribution is 2.14. The number of alkyl halides is 1. The van der Waals surface area contributed by atoms with Gasteiger partial charge in [0, 0.05) is 25.1 Å². The molecule has 1 rings (SSSR count). The van der Waals surface area contributed by atoms with E-state index in [2.05, 4.69) is 21.2 Å². The van der Waals surface area contributed by atoms with Crippen LogP contribution in [0.15, 0.2) is 0 Å². The smallest absolute Gasteiger partial charge is 0.222 e. The maximum absolute atomic E-state index is 11.5. The van der Waals surface area contributed by atoms with Gasteiger partial charge in [0.05, 0.1) is 19.1 Å². The molecule has 16 heavy (non-hydrogen) atoms. The van der Waals surface area contributed by atoms with E-state index < -0.39 is 0 Å². The van der Waals surface area contributed by atoms with E-state index in [1.807, 2.05) is 0 Å². The first-order valence-electron chi connectivity index (χ1n) is 5.73. The van der Waals surface area contributed by atoms with Gasteiger partial charge in [-0.15, -0.1) is 0 Å². The van der Waals surface area contributed by atoms with Gasteiger partial charge in [-0.05, 0) is 19.3 Å². The van der Waals surface area contributed by atoms with E-state index in [-0.39, 0.29) is 12.0 Å². The first-order valence-corrected chi connectivity index (χ1v) is 6.65. The minimum absolute atomic E-state index is 0.0871. The maximum Gasteiger partial charge on any atom is 0.222 e. The van der Waals surface area contributed by atoms with Crippen molar-refractivity contribution in [1.29, 1.82) is 0 Å². The number of rotatable bonds is 7. The summed E-state index contributed by atoms with van der Waals surface area (Å²) in [6.07, 6.45) is 3.61. The van der Waals surface area contributed by atoms with Crippen molar-refractivity contribution in [3.05, 3.63) is 0 Å². The summed E-state index contributed by atoms with van der Waals surface area (Å²) in [5.41, 5.74) is 0. The van der Waals surface area contributed by atoms with Gasteiger partial charge in [0.1, 0.15) is 0 Å². The fraction of sp³-hybridized carbons (Fsp3) is 0.909. The molecule has 1 aliphatic heterocycles. The third-order valence-electron chi connectivity index (χ3n) is 2.56. The molecule has 94 valence electrons. The van der Waals surface area contributed by atoms with Crippen LogP contribution in [-0.2, 0) is 14.3 Å². The second-order valence-corrected chi connectivity index (χ2v) is 5.33. The molecule has 0 saturated carbocycles. The molecule has 5 heteroatoms. The predicted octanol–water partition coefficient (Wildman–Crippen LogP) is 1.47. The Kier molecular flexibility index (Phi) is 7.00. The highest BCUT2D eigenvalue weighted by atomic mass is 79.9. The Morgan fingerprint density at radius 2 is 2.50 bits per heavy atom. The van der Waals surface area contributed by atoms with E-state index in [1.54, 1.807) is 7.11 Å². The topological polar surface area (TPSA) is 47.6 Å². The van der Waals surface area contributed by atoms with Gasteiger partial charge in [-0.25, -0.2) is 0 Å². The van der Waals surface area contributed by atoms with Crippen LogP contribution in [0.5, 0.6) is 0 Å². The second-order valence-electron chi connectivity index (χ2n) is 4.03. The summed E-state index contributed by atoms with van der Waals surface area (Å²) < 4.78 is 10.4. The van der Waals surface area contributed by atoms with Gasteiger partial charge in [-0.3, -0.25) is 4.79 Å². The molecule has 0 aromatic heterocycles. The Morgan fingerprint density at radius 1 is 1.69 bits per heavy atom. The molecule has 1 saturated heterocycles. The standard InChI is InChI=1S/C11H20BrNO3/c1-15-8-9(12)4-5-13-11(14)7-10-3-2-6-16-10/h9-10H,2-8H2,1H3,(H,13,14). The molecule has 2 unspecified atom stereocenters. The lowest BCUT2D eigenvalue weighted by Crippen LogP contribution is -2.29. The summed E-state index contributed by atoms with van der Waals surface area (Å²) in [6, 6.07) is 0. The van der Waals surface area contributed by atoms with E-state index in [1.165, 1.54) is 0 Å². The van der Waals surface area contributed by atoms with Gasteiger partial charge in [0.25, 0.3) is 0 Å². The zero-order valence-electron chi connectivity index (χ0n) is 9.71. The minimum Gasteiger partial charge on any atom is -0.384 e. The van der Waals surface area contributed by atoms with Crippen LogP contribution in [0.2, 0.25) is 0 Å². The molecule has 1 amide bonds. The SMILES string of the molecule is COCC(Br)CCNC(=O)CC1CCCO1. The quantitative estimate of drug-likeness (QED) is 0.723. The van der Waals surface area contributed by atoms with Gasteiger partial charge >= 0.3 is 0 Å². The number of halogens is 1. The van der Waals surface area contributed by atoms with Crippen molar-refractivity contribution in [3.8, 4) is 0 Å². The van der Waals surface area contributed by atoms with E-state index in [9.17, 15) is 4.79 Å². The Bertz CT molecular complexity index is 207. The van der Waals surface area contributed by atoms with Crippen molar-refractivity contribution in [2.75, 3.05) is 26.9 Å². The predicted molar refractivity (Wildman–Crippen MR) is 65.8 cm³/mol. The van der Waals surface area contributed by atoms with Gasteiger partial charge in [0.15, 0.2) is 0 Å². The van der Waals surface area contributed by atoms with Crippen LogP contribution in [0.25, 0.3) is 0 Å². The second kappa shape index (κ2) is 8.03. The molecule has 0 radical (unpaired) electrons. The Morgan fingerprint density at radius 3 is 3.12 bits per heavy atom. The summed E-state index contributed by atoms with van der Waals surface area (Å²) in [6.45, 7) is 2.15. The summed E-state index contributed by atoms with van der Waals surface area (Å²) in [4.78, 5) is 11.8. The lowest BCUT2D eigenvalue weighted by Gasteiger charge is -2.11. The number of carbonyl (C=O) groups is 1. The Balaban J connectivity index is 2.01. The van der Waals surface area contributed by atoms with Crippen LogP contribution in [-0.4, -0.2) is 43.7 Å². The molecular weight excluding hydrogens is 274 g/mol. The lowest BCUT2D eigenvalue weighted by atomic mass is 10.2. The Labute approximate surface area is 105 Å². The summed E-state index contributed by atoms with van der Waals surface area (Å²) in [5.74, 6) is 0.0871. The van der Waals surface area contributed by atoms with E-state index in [0.717, 1.165) is 25.9 Å². The van der Waals surface area contributed by atoms with Gasteiger partial charge in [0.2, 0.25) is 5.91 Å². The number of ether oxygens (including phenoxy) is 2. The van der Waals surface area contributed by atoms with Crippen LogP contribution >= 0.6 is 15.9 Å². The van der Waals surface area contributed by atoms with Gasteiger partial charge in [-0.1, -0.05) is 15.9 Å². The third kappa shape index (κ3) is 5.82. The first-order chi connectivity index (χ1) is 7.72. The van der Waals surface area contributed by atoms with Crippen molar-refractivity contribution in [1.82, 2.24) is 5.32 Å². The number of carbonyl (C=O) groups excluding carboxylic acids is 1. The van der Waals surface area contributed by atoms with Crippen LogP contribution < -0.4 is 5.32 Å². The van der Waals surface area contributed by atoms with Crippen molar-refractivity contribution in [2.45, 2.75) is 36.6 Å². The fourth-order valence-corrected chi connectivity index (χ4v) is 2.21. The first kappa shape index (κ1) is 13.9. The minimum atomic E-state index is 0.0871. The average molecular weight is 294 g/mol. The summed E-state index contributed by atoms with van der Waals surface area (Å²) in [7, 11) is 1.67. The highest BCUT2D eigenvalue weighted by Gasteiger charge is 2.18. The molecule has 0 aromatic carbocycles. The van der Waals surface area contributed by atoms with Crippen LogP contribution in [0.1, 0.15) is 25.7 Å². The zero-order valence-corrected chi connectivity index (χ0v) is 11.3.